The molecule has 1 saturated carbocycles. The molecule has 3 fully saturated rings. The molecule has 0 bridgehead atoms. The minimum absolute atomic E-state index is 0.243. The standard InChI is InChI=1S/C12H20ClNO3S/c13-11-12(14-6-8-17-9-7-14)5-3-1-2-4-10(12)18(11,15)16/h10-11H,1-9H2/t10-,11-,12+/m0/s1. The average Bonchev–Trinajstić information content (AvgIpc) is 2.61. The van der Waals surface area contributed by atoms with Gasteiger partial charge in [0.2, 0.25) is 0 Å². The zero-order chi connectivity index (χ0) is 12.8. The van der Waals surface area contributed by atoms with Gasteiger partial charge in [0, 0.05) is 13.1 Å². The summed E-state index contributed by atoms with van der Waals surface area (Å²) < 4.78 is 29.1. The van der Waals surface area contributed by atoms with Crippen LogP contribution in [0.3, 0.4) is 0 Å². The van der Waals surface area contributed by atoms with Gasteiger partial charge in [0.05, 0.1) is 24.0 Å². The van der Waals surface area contributed by atoms with Crippen molar-refractivity contribution < 1.29 is 13.2 Å². The summed E-state index contributed by atoms with van der Waals surface area (Å²) in [5.74, 6) is 0. The van der Waals surface area contributed by atoms with Crippen LogP contribution in [0.4, 0.5) is 0 Å². The first-order chi connectivity index (χ1) is 8.60. The van der Waals surface area contributed by atoms with Crippen LogP contribution in [0.5, 0.6) is 0 Å². The van der Waals surface area contributed by atoms with Crippen LogP contribution in [0, 0.1) is 0 Å². The number of alkyl halides is 1. The summed E-state index contributed by atoms with van der Waals surface area (Å²) in [5.41, 5.74) is -0.305. The largest absolute Gasteiger partial charge is 0.379 e. The van der Waals surface area contributed by atoms with Gasteiger partial charge in [-0.2, -0.15) is 0 Å². The highest BCUT2D eigenvalue weighted by molar-refractivity contribution is 7.95. The second kappa shape index (κ2) is 4.62. The number of sulfone groups is 1. The molecule has 0 aromatic carbocycles. The Kier molecular flexibility index (Phi) is 3.37. The molecular formula is C12H20ClNO3S. The number of morpholine rings is 1. The lowest BCUT2D eigenvalue weighted by Gasteiger charge is -2.58. The molecule has 1 aliphatic carbocycles. The third-order valence-electron chi connectivity index (χ3n) is 4.78. The fourth-order valence-corrected chi connectivity index (χ4v) is 7.25. The monoisotopic (exact) mass is 293 g/mol. The molecular weight excluding hydrogens is 274 g/mol. The molecule has 0 amide bonds. The normalized spacial score (nSPS) is 44.7. The molecule has 18 heavy (non-hydrogen) atoms. The van der Waals surface area contributed by atoms with Crippen LogP contribution < -0.4 is 0 Å². The summed E-state index contributed by atoms with van der Waals surface area (Å²) >= 11 is 6.31. The van der Waals surface area contributed by atoms with Crippen LogP contribution >= 0.6 is 11.6 Å². The number of halogens is 1. The van der Waals surface area contributed by atoms with Crippen molar-refractivity contribution in [2.45, 2.75) is 47.6 Å². The summed E-state index contributed by atoms with van der Waals surface area (Å²) in [4.78, 5) is 2.30. The van der Waals surface area contributed by atoms with Gasteiger partial charge < -0.3 is 4.74 Å². The molecule has 2 aliphatic heterocycles. The minimum Gasteiger partial charge on any atom is -0.379 e. The highest BCUT2D eigenvalue weighted by atomic mass is 35.5. The van der Waals surface area contributed by atoms with E-state index in [-0.39, 0.29) is 10.8 Å². The maximum Gasteiger partial charge on any atom is 0.173 e. The molecule has 0 spiro atoms. The van der Waals surface area contributed by atoms with Crippen molar-refractivity contribution in [1.29, 1.82) is 0 Å². The maximum absolute atomic E-state index is 12.2. The van der Waals surface area contributed by atoms with Crippen molar-refractivity contribution in [3.05, 3.63) is 0 Å². The Morgan fingerprint density at radius 2 is 1.89 bits per heavy atom. The van der Waals surface area contributed by atoms with Crippen LogP contribution in [-0.2, 0) is 14.6 Å². The first kappa shape index (κ1) is 13.2. The van der Waals surface area contributed by atoms with E-state index in [0.29, 0.717) is 13.2 Å². The Balaban J connectivity index is 1.94. The van der Waals surface area contributed by atoms with E-state index in [1.54, 1.807) is 0 Å². The van der Waals surface area contributed by atoms with Crippen molar-refractivity contribution in [2.75, 3.05) is 26.3 Å². The molecule has 4 nitrogen and oxygen atoms in total. The lowest BCUT2D eigenvalue weighted by molar-refractivity contribution is -0.0303. The zero-order valence-electron chi connectivity index (χ0n) is 10.5. The predicted molar refractivity (Wildman–Crippen MR) is 70.6 cm³/mol. The van der Waals surface area contributed by atoms with Gasteiger partial charge in [-0.1, -0.05) is 19.3 Å². The molecule has 2 heterocycles. The van der Waals surface area contributed by atoms with Crippen LogP contribution in [0.25, 0.3) is 0 Å². The molecule has 6 heteroatoms. The number of hydrogen-bond donors (Lipinski definition) is 0. The van der Waals surface area contributed by atoms with Crippen molar-refractivity contribution in [3.63, 3.8) is 0 Å². The third-order valence-corrected chi connectivity index (χ3v) is 8.32. The van der Waals surface area contributed by atoms with Crippen LogP contribution in [0.2, 0.25) is 0 Å². The molecule has 3 rings (SSSR count). The molecule has 3 atom stereocenters. The van der Waals surface area contributed by atoms with Gasteiger partial charge in [-0.25, -0.2) is 8.42 Å². The van der Waals surface area contributed by atoms with E-state index in [1.165, 1.54) is 0 Å². The fraction of sp³-hybridized carbons (Fsp3) is 1.00. The van der Waals surface area contributed by atoms with Gasteiger partial charge >= 0.3 is 0 Å². The molecule has 0 aromatic heterocycles. The van der Waals surface area contributed by atoms with Gasteiger partial charge in [-0.15, -0.1) is 11.6 Å². The first-order valence-electron chi connectivity index (χ1n) is 6.80. The fourth-order valence-electron chi connectivity index (χ4n) is 3.88. The Bertz CT molecular complexity index is 421. The number of nitrogens with zero attached hydrogens (tertiary/aromatic N) is 1. The summed E-state index contributed by atoms with van der Waals surface area (Å²) in [7, 11) is -3.11. The van der Waals surface area contributed by atoms with E-state index < -0.39 is 14.5 Å². The summed E-state index contributed by atoms with van der Waals surface area (Å²) in [6.45, 7) is 3.01. The lowest BCUT2D eigenvalue weighted by Crippen LogP contribution is -2.76. The number of rotatable bonds is 1. The molecule has 3 aliphatic rings. The minimum atomic E-state index is -3.11. The van der Waals surface area contributed by atoms with Crippen molar-refractivity contribution in [3.8, 4) is 0 Å². The highest BCUT2D eigenvalue weighted by Crippen LogP contribution is 2.53. The van der Waals surface area contributed by atoms with E-state index in [1.807, 2.05) is 0 Å². The van der Waals surface area contributed by atoms with E-state index in [0.717, 1.165) is 45.2 Å². The van der Waals surface area contributed by atoms with Gasteiger partial charge in [0.1, 0.15) is 0 Å². The number of fused-ring (bicyclic) bond motifs is 1. The van der Waals surface area contributed by atoms with E-state index >= 15 is 0 Å². The van der Waals surface area contributed by atoms with E-state index in [4.69, 9.17) is 16.3 Å². The Labute approximate surface area is 114 Å². The van der Waals surface area contributed by atoms with Crippen molar-refractivity contribution in [2.24, 2.45) is 0 Å². The second-order valence-corrected chi connectivity index (χ2v) is 8.50. The molecule has 0 aromatic rings. The molecule has 2 saturated heterocycles. The predicted octanol–water partition coefficient (Wildman–Crippen LogP) is 1.38. The number of hydrogen-bond acceptors (Lipinski definition) is 4. The second-order valence-electron chi connectivity index (χ2n) is 5.58. The average molecular weight is 294 g/mol. The van der Waals surface area contributed by atoms with Crippen LogP contribution in [0.1, 0.15) is 32.1 Å². The maximum atomic E-state index is 12.2. The molecule has 0 N–H and O–H groups in total. The summed E-state index contributed by atoms with van der Waals surface area (Å²) in [6, 6.07) is 0. The summed E-state index contributed by atoms with van der Waals surface area (Å²) in [5, 5.41) is -0.243. The first-order valence-corrected chi connectivity index (χ1v) is 8.84. The lowest BCUT2D eigenvalue weighted by atomic mass is 9.87. The third kappa shape index (κ3) is 1.67. The van der Waals surface area contributed by atoms with Crippen molar-refractivity contribution in [1.82, 2.24) is 4.90 Å². The van der Waals surface area contributed by atoms with Crippen molar-refractivity contribution >= 4 is 21.4 Å². The van der Waals surface area contributed by atoms with Gasteiger partial charge in [-0.05, 0) is 12.8 Å². The highest BCUT2D eigenvalue weighted by Gasteiger charge is 2.68. The quantitative estimate of drug-likeness (QED) is 0.685. The van der Waals surface area contributed by atoms with Crippen LogP contribution in [0.15, 0.2) is 0 Å². The van der Waals surface area contributed by atoms with Gasteiger partial charge in [0.25, 0.3) is 0 Å². The van der Waals surface area contributed by atoms with Gasteiger partial charge in [0.15, 0.2) is 14.5 Å². The zero-order valence-corrected chi connectivity index (χ0v) is 12.0. The SMILES string of the molecule is O=S1(=O)[C@H](Cl)[C@@]2(N3CCOCC3)CCCCC[C@@H]21. The van der Waals surface area contributed by atoms with Crippen LogP contribution in [-0.4, -0.2) is 55.1 Å². The molecule has 0 radical (unpaired) electrons. The molecule has 0 unspecified atom stereocenters. The Morgan fingerprint density at radius 3 is 2.61 bits per heavy atom. The number of ether oxygens (including phenoxy) is 1. The van der Waals surface area contributed by atoms with Gasteiger partial charge in [-0.3, -0.25) is 4.90 Å². The smallest absolute Gasteiger partial charge is 0.173 e. The topological polar surface area (TPSA) is 46.6 Å². The van der Waals surface area contributed by atoms with E-state index in [9.17, 15) is 8.42 Å². The Morgan fingerprint density at radius 1 is 1.17 bits per heavy atom. The van der Waals surface area contributed by atoms with E-state index in [2.05, 4.69) is 4.90 Å². The Hall–Kier alpha value is 0.160. The molecule has 104 valence electrons. The summed E-state index contributed by atoms with van der Waals surface area (Å²) in [6.07, 6.45) is 4.93.